The molecule has 1 fully saturated rings. The van der Waals surface area contributed by atoms with Crippen LogP contribution in [0, 0.1) is 0 Å². The Hall–Kier alpha value is -0.940. The van der Waals surface area contributed by atoms with Gasteiger partial charge in [0.15, 0.2) is 0 Å². The molecule has 0 aromatic heterocycles. The molecule has 0 radical (unpaired) electrons. The van der Waals surface area contributed by atoms with Crippen molar-refractivity contribution in [3.63, 3.8) is 0 Å². The Morgan fingerprint density at radius 2 is 2.00 bits per heavy atom. The Labute approximate surface area is 115 Å². The van der Waals surface area contributed by atoms with Crippen LogP contribution in [-0.2, 0) is 6.18 Å². The number of alkyl halides is 3. The minimum absolute atomic E-state index is 0.118. The van der Waals surface area contributed by atoms with Gasteiger partial charge >= 0.3 is 6.18 Å². The predicted molar refractivity (Wildman–Crippen MR) is 70.6 cm³/mol. The van der Waals surface area contributed by atoms with Gasteiger partial charge in [0.1, 0.15) is 0 Å². The van der Waals surface area contributed by atoms with Crippen molar-refractivity contribution < 1.29 is 13.2 Å². The highest BCUT2D eigenvalue weighted by Crippen LogP contribution is 2.34. The first-order valence-corrected chi connectivity index (χ1v) is 6.68. The highest BCUT2D eigenvalue weighted by Gasteiger charge is 2.31. The normalized spacial score (nSPS) is 20.9. The average molecular weight is 293 g/mol. The van der Waals surface area contributed by atoms with Crippen LogP contribution in [-0.4, -0.2) is 19.1 Å². The van der Waals surface area contributed by atoms with E-state index in [-0.39, 0.29) is 11.1 Å². The second-order valence-corrected chi connectivity index (χ2v) is 5.12. The maximum absolute atomic E-state index is 12.5. The van der Waals surface area contributed by atoms with Crippen molar-refractivity contribution in [2.75, 3.05) is 18.4 Å². The Morgan fingerprint density at radius 1 is 1.21 bits per heavy atom. The molecule has 19 heavy (non-hydrogen) atoms. The number of nitrogens with one attached hydrogen (secondary N) is 2. The van der Waals surface area contributed by atoms with Crippen LogP contribution in [0.1, 0.15) is 24.8 Å². The number of anilines is 1. The first-order valence-electron chi connectivity index (χ1n) is 6.31. The Bertz CT molecular complexity index is 426. The number of hydrogen-bond donors (Lipinski definition) is 2. The van der Waals surface area contributed by atoms with Crippen LogP contribution < -0.4 is 10.6 Å². The van der Waals surface area contributed by atoms with E-state index in [1.54, 1.807) is 0 Å². The van der Waals surface area contributed by atoms with Gasteiger partial charge in [0.25, 0.3) is 0 Å². The molecule has 106 valence electrons. The largest absolute Gasteiger partial charge is 0.416 e. The molecule has 1 aliphatic rings. The van der Waals surface area contributed by atoms with E-state index in [9.17, 15) is 13.2 Å². The van der Waals surface area contributed by atoms with Gasteiger partial charge in [0, 0.05) is 6.04 Å². The van der Waals surface area contributed by atoms with E-state index in [0.29, 0.717) is 5.69 Å². The van der Waals surface area contributed by atoms with E-state index in [1.807, 2.05) is 0 Å². The summed E-state index contributed by atoms with van der Waals surface area (Å²) in [6.07, 6.45) is -1.37. The molecule has 0 amide bonds. The fraction of sp³-hybridized carbons (Fsp3) is 0.538. The first kappa shape index (κ1) is 14.5. The summed E-state index contributed by atoms with van der Waals surface area (Å²) < 4.78 is 37.6. The van der Waals surface area contributed by atoms with Gasteiger partial charge in [0.05, 0.1) is 16.3 Å². The van der Waals surface area contributed by atoms with E-state index < -0.39 is 11.7 Å². The van der Waals surface area contributed by atoms with Crippen molar-refractivity contribution in [1.82, 2.24) is 5.32 Å². The molecule has 1 aliphatic heterocycles. The second kappa shape index (κ2) is 6.01. The van der Waals surface area contributed by atoms with Crippen molar-refractivity contribution in [3.05, 3.63) is 28.8 Å². The Kier molecular flexibility index (Phi) is 4.58. The summed E-state index contributed by atoms with van der Waals surface area (Å²) in [5.41, 5.74) is -0.146. The molecule has 1 aromatic rings. The number of hydrogen-bond acceptors (Lipinski definition) is 2. The zero-order chi connectivity index (χ0) is 13.9. The van der Waals surface area contributed by atoms with Gasteiger partial charge in [-0.1, -0.05) is 11.6 Å². The highest BCUT2D eigenvalue weighted by atomic mass is 35.5. The molecular weight excluding hydrogens is 277 g/mol. The van der Waals surface area contributed by atoms with Crippen LogP contribution >= 0.6 is 11.6 Å². The molecule has 0 spiro atoms. The van der Waals surface area contributed by atoms with Gasteiger partial charge in [-0.15, -0.1) is 0 Å². The molecule has 0 aliphatic carbocycles. The summed E-state index contributed by atoms with van der Waals surface area (Å²) in [6, 6.07) is 3.69. The average Bonchev–Trinajstić information content (AvgIpc) is 2.59. The smallest absolute Gasteiger partial charge is 0.381 e. The fourth-order valence-electron chi connectivity index (χ4n) is 2.19. The molecule has 1 unspecified atom stereocenters. The lowest BCUT2D eigenvalue weighted by Crippen LogP contribution is -2.21. The quantitative estimate of drug-likeness (QED) is 0.863. The van der Waals surface area contributed by atoms with E-state index in [4.69, 9.17) is 11.6 Å². The molecule has 1 aromatic carbocycles. The summed E-state index contributed by atoms with van der Waals surface area (Å²) in [4.78, 5) is 0. The lowest BCUT2D eigenvalue weighted by molar-refractivity contribution is -0.137. The lowest BCUT2D eigenvalue weighted by atomic mass is 10.1. The molecule has 1 heterocycles. The summed E-state index contributed by atoms with van der Waals surface area (Å²) in [7, 11) is 0. The predicted octanol–water partition coefficient (Wildman–Crippen LogP) is 3.91. The monoisotopic (exact) mass is 292 g/mol. The lowest BCUT2D eigenvalue weighted by Gasteiger charge is -2.19. The van der Waals surface area contributed by atoms with Gasteiger partial charge in [0.2, 0.25) is 0 Å². The van der Waals surface area contributed by atoms with Gasteiger partial charge in [-0.05, 0) is 50.6 Å². The molecule has 2 N–H and O–H groups in total. The highest BCUT2D eigenvalue weighted by molar-refractivity contribution is 6.33. The molecule has 1 saturated heterocycles. The minimum atomic E-state index is -4.35. The first-order chi connectivity index (χ1) is 8.97. The molecule has 6 heteroatoms. The zero-order valence-electron chi connectivity index (χ0n) is 10.4. The van der Waals surface area contributed by atoms with Crippen molar-refractivity contribution in [2.24, 2.45) is 0 Å². The Balaban J connectivity index is 2.08. The number of benzene rings is 1. The molecule has 2 rings (SSSR count). The topological polar surface area (TPSA) is 24.1 Å². The van der Waals surface area contributed by atoms with Crippen LogP contribution in [0.4, 0.5) is 18.9 Å². The molecule has 1 atom stereocenters. The van der Waals surface area contributed by atoms with Gasteiger partial charge in [-0.2, -0.15) is 13.2 Å². The molecule has 0 saturated carbocycles. The van der Waals surface area contributed by atoms with Gasteiger partial charge in [-0.25, -0.2) is 0 Å². The van der Waals surface area contributed by atoms with E-state index in [0.717, 1.165) is 44.5 Å². The van der Waals surface area contributed by atoms with Crippen molar-refractivity contribution in [1.29, 1.82) is 0 Å². The van der Waals surface area contributed by atoms with E-state index in [2.05, 4.69) is 10.6 Å². The standard InChI is InChI=1S/C13H16ClF3N2/c14-11-8-9(13(15,16)17)3-4-12(11)19-10-2-1-6-18-7-5-10/h3-4,8,10,18-19H,1-2,5-7H2. The van der Waals surface area contributed by atoms with Crippen molar-refractivity contribution in [3.8, 4) is 0 Å². The molecular formula is C13H16ClF3N2. The van der Waals surface area contributed by atoms with Crippen LogP contribution in [0.5, 0.6) is 0 Å². The van der Waals surface area contributed by atoms with Gasteiger partial charge < -0.3 is 10.6 Å². The Morgan fingerprint density at radius 3 is 2.68 bits per heavy atom. The maximum Gasteiger partial charge on any atom is 0.416 e. The molecule has 0 bridgehead atoms. The van der Waals surface area contributed by atoms with E-state index in [1.165, 1.54) is 6.07 Å². The van der Waals surface area contributed by atoms with Crippen LogP contribution in [0.2, 0.25) is 5.02 Å². The van der Waals surface area contributed by atoms with Gasteiger partial charge in [-0.3, -0.25) is 0 Å². The minimum Gasteiger partial charge on any atom is -0.381 e. The molecule has 2 nitrogen and oxygen atoms in total. The van der Waals surface area contributed by atoms with Crippen LogP contribution in [0.3, 0.4) is 0 Å². The SMILES string of the molecule is FC(F)(F)c1ccc(NC2CCCNCC2)c(Cl)c1. The van der Waals surface area contributed by atoms with Crippen molar-refractivity contribution >= 4 is 17.3 Å². The number of halogens is 4. The van der Waals surface area contributed by atoms with Crippen LogP contribution in [0.25, 0.3) is 0 Å². The number of rotatable bonds is 2. The maximum atomic E-state index is 12.5. The zero-order valence-corrected chi connectivity index (χ0v) is 11.1. The third-order valence-corrected chi connectivity index (χ3v) is 3.54. The van der Waals surface area contributed by atoms with Crippen LogP contribution in [0.15, 0.2) is 18.2 Å². The van der Waals surface area contributed by atoms with Crippen molar-refractivity contribution in [2.45, 2.75) is 31.5 Å². The summed E-state index contributed by atoms with van der Waals surface area (Å²) in [5, 5.41) is 6.63. The second-order valence-electron chi connectivity index (χ2n) is 4.71. The van der Waals surface area contributed by atoms with E-state index >= 15 is 0 Å². The third-order valence-electron chi connectivity index (χ3n) is 3.23. The summed E-state index contributed by atoms with van der Waals surface area (Å²) in [6.45, 7) is 1.90. The summed E-state index contributed by atoms with van der Waals surface area (Å²) in [5.74, 6) is 0. The third kappa shape index (κ3) is 4.01. The summed E-state index contributed by atoms with van der Waals surface area (Å²) >= 11 is 5.92. The fourth-order valence-corrected chi connectivity index (χ4v) is 2.43.